The molecule has 1 aliphatic rings. The van der Waals surface area contributed by atoms with E-state index >= 15 is 0 Å². The van der Waals surface area contributed by atoms with Gasteiger partial charge in [0.1, 0.15) is 5.75 Å². The van der Waals surface area contributed by atoms with Crippen LogP contribution in [-0.2, 0) is 34.8 Å². The molecule has 0 unspecified atom stereocenters. The predicted octanol–water partition coefficient (Wildman–Crippen LogP) is 1.35. The molecule has 8 nitrogen and oxygen atoms in total. The van der Waals surface area contributed by atoms with Crippen molar-refractivity contribution in [1.82, 2.24) is 14.1 Å². The molecule has 0 atom stereocenters. The molecule has 3 rings (SSSR count). The fourth-order valence-electron chi connectivity index (χ4n) is 3.03. The maximum absolute atomic E-state index is 13.0. The SMILES string of the molecule is CCOC(=O)c1c2c(nn1C)CCN(S(=O)(=O)c1ccc(OC)cc1)C2. The normalized spacial score (nSPS) is 14.7. The van der Waals surface area contributed by atoms with Crippen molar-refractivity contribution < 1.29 is 22.7 Å². The molecule has 1 aliphatic heterocycles. The lowest BCUT2D eigenvalue weighted by Crippen LogP contribution is -2.36. The van der Waals surface area contributed by atoms with E-state index in [2.05, 4.69) is 5.10 Å². The van der Waals surface area contributed by atoms with Crippen LogP contribution in [0, 0.1) is 0 Å². The van der Waals surface area contributed by atoms with Crippen molar-refractivity contribution in [2.75, 3.05) is 20.3 Å². The van der Waals surface area contributed by atoms with Crippen LogP contribution in [0.3, 0.4) is 0 Å². The number of esters is 1. The number of rotatable bonds is 5. The molecule has 0 saturated carbocycles. The highest BCUT2D eigenvalue weighted by Crippen LogP contribution is 2.28. The number of ether oxygens (including phenoxy) is 2. The molecule has 9 heteroatoms. The molecule has 0 N–H and O–H groups in total. The summed E-state index contributed by atoms with van der Waals surface area (Å²) in [4.78, 5) is 12.4. The molecule has 0 bridgehead atoms. The molecule has 0 aliphatic carbocycles. The summed E-state index contributed by atoms with van der Waals surface area (Å²) in [5.74, 6) is 0.0918. The Kier molecular flexibility index (Phi) is 5.01. The zero-order chi connectivity index (χ0) is 18.9. The minimum atomic E-state index is -3.69. The first-order valence-corrected chi connectivity index (χ1v) is 9.68. The number of benzene rings is 1. The standard InChI is InChI=1S/C17H21N3O5S/c1-4-25-17(21)16-14-11-20(10-9-15(14)18-19(16)2)26(22,23)13-7-5-12(24-3)6-8-13/h5-8H,4,9-11H2,1-3H3. The summed E-state index contributed by atoms with van der Waals surface area (Å²) in [6.45, 7) is 2.36. The Balaban J connectivity index is 1.92. The number of carbonyl (C=O) groups is 1. The molecule has 0 saturated heterocycles. The van der Waals surface area contributed by atoms with Crippen LogP contribution in [0.1, 0.15) is 28.7 Å². The molecule has 2 aromatic rings. The van der Waals surface area contributed by atoms with Gasteiger partial charge in [0, 0.05) is 32.1 Å². The van der Waals surface area contributed by atoms with Crippen molar-refractivity contribution in [3.63, 3.8) is 0 Å². The molecular formula is C17H21N3O5S. The molecule has 1 aromatic heterocycles. The Bertz CT molecular complexity index is 919. The zero-order valence-corrected chi connectivity index (χ0v) is 15.7. The Labute approximate surface area is 152 Å². The molecule has 0 amide bonds. The van der Waals surface area contributed by atoms with Crippen molar-refractivity contribution in [2.24, 2.45) is 7.05 Å². The lowest BCUT2D eigenvalue weighted by Gasteiger charge is -2.26. The average molecular weight is 379 g/mol. The van der Waals surface area contributed by atoms with Crippen LogP contribution in [0.2, 0.25) is 0 Å². The summed E-state index contributed by atoms with van der Waals surface area (Å²) in [6.07, 6.45) is 0.442. The zero-order valence-electron chi connectivity index (χ0n) is 14.9. The summed E-state index contributed by atoms with van der Waals surface area (Å²) < 4.78 is 38.9. The van der Waals surface area contributed by atoms with E-state index < -0.39 is 16.0 Å². The van der Waals surface area contributed by atoms with Gasteiger partial charge in [-0.3, -0.25) is 4.68 Å². The van der Waals surface area contributed by atoms with Crippen molar-refractivity contribution in [3.8, 4) is 5.75 Å². The molecule has 2 heterocycles. The summed E-state index contributed by atoms with van der Waals surface area (Å²) in [5, 5.41) is 4.34. The maximum atomic E-state index is 13.0. The minimum absolute atomic E-state index is 0.0890. The topological polar surface area (TPSA) is 90.7 Å². The van der Waals surface area contributed by atoms with E-state index in [1.807, 2.05) is 0 Å². The molecule has 0 fully saturated rings. The van der Waals surface area contributed by atoms with Crippen molar-refractivity contribution in [2.45, 2.75) is 24.8 Å². The van der Waals surface area contributed by atoms with Crippen molar-refractivity contribution in [1.29, 1.82) is 0 Å². The van der Waals surface area contributed by atoms with E-state index in [9.17, 15) is 13.2 Å². The minimum Gasteiger partial charge on any atom is -0.497 e. The highest BCUT2D eigenvalue weighted by atomic mass is 32.2. The van der Waals surface area contributed by atoms with Crippen molar-refractivity contribution in [3.05, 3.63) is 41.2 Å². The van der Waals surface area contributed by atoms with Crippen LogP contribution in [-0.4, -0.2) is 48.7 Å². The summed E-state index contributed by atoms with van der Waals surface area (Å²) >= 11 is 0. The van der Waals surface area contributed by atoms with Gasteiger partial charge in [0.15, 0.2) is 5.69 Å². The monoisotopic (exact) mass is 379 g/mol. The molecule has 26 heavy (non-hydrogen) atoms. The summed E-state index contributed by atoms with van der Waals surface area (Å²) in [6, 6.07) is 6.24. The van der Waals surface area contributed by atoms with Gasteiger partial charge in [0.05, 0.1) is 24.3 Å². The van der Waals surface area contributed by atoms with E-state index in [-0.39, 0.29) is 18.0 Å². The second kappa shape index (κ2) is 7.08. The largest absolute Gasteiger partial charge is 0.497 e. The molecule has 140 valence electrons. The van der Waals surface area contributed by atoms with Gasteiger partial charge in [-0.1, -0.05) is 0 Å². The van der Waals surface area contributed by atoms with Crippen LogP contribution < -0.4 is 4.74 Å². The lowest BCUT2D eigenvalue weighted by atomic mass is 10.1. The van der Waals surface area contributed by atoms with Crippen LogP contribution in [0.25, 0.3) is 0 Å². The number of fused-ring (bicyclic) bond motifs is 1. The van der Waals surface area contributed by atoms with Crippen LogP contribution >= 0.6 is 0 Å². The van der Waals surface area contributed by atoms with Gasteiger partial charge in [0.25, 0.3) is 0 Å². The van der Waals surface area contributed by atoms with E-state index in [1.165, 1.54) is 28.2 Å². The van der Waals surface area contributed by atoms with Gasteiger partial charge < -0.3 is 9.47 Å². The number of carbonyl (C=O) groups excluding carboxylic acids is 1. The fraction of sp³-hybridized carbons (Fsp3) is 0.412. The van der Waals surface area contributed by atoms with E-state index in [1.54, 1.807) is 26.1 Å². The lowest BCUT2D eigenvalue weighted by molar-refractivity contribution is 0.0511. The van der Waals surface area contributed by atoms with Crippen LogP contribution in [0.5, 0.6) is 5.75 Å². The number of nitrogens with zero attached hydrogens (tertiary/aromatic N) is 3. The van der Waals surface area contributed by atoms with Gasteiger partial charge in [-0.25, -0.2) is 13.2 Å². The Hall–Kier alpha value is -2.39. The third-order valence-corrected chi connectivity index (χ3v) is 6.19. The number of sulfonamides is 1. The molecule has 1 aromatic carbocycles. The first-order chi connectivity index (χ1) is 12.4. The van der Waals surface area contributed by atoms with Gasteiger partial charge >= 0.3 is 5.97 Å². The number of methoxy groups -OCH3 is 1. The van der Waals surface area contributed by atoms with E-state index in [0.29, 0.717) is 30.0 Å². The Morgan fingerprint density at radius 2 is 1.96 bits per heavy atom. The van der Waals surface area contributed by atoms with Crippen LogP contribution in [0.4, 0.5) is 0 Å². The third-order valence-electron chi connectivity index (χ3n) is 4.33. The average Bonchev–Trinajstić information content (AvgIpc) is 2.96. The number of hydrogen-bond donors (Lipinski definition) is 0. The highest BCUT2D eigenvalue weighted by Gasteiger charge is 2.33. The van der Waals surface area contributed by atoms with Crippen LogP contribution in [0.15, 0.2) is 29.2 Å². The van der Waals surface area contributed by atoms with E-state index in [0.717, 1.165) is 5.69 Å². The smallest absolute Gasteiger partial charge is 0.356 e. The highest BCUT2D eigenvalue weighted by molar-refractivity contribution is 7.89. The summed E-state index contributed by atoms with van der Waals surface area (Å²) in [5.41, 5.74) is 1.64. The number of hydrogen-bond acceptors (Lipinski definition) is 6. The van der Waals surface area contributed by atoms with Crippen molar-refractivity contribution >= 4 is 16.0 Å². The quantitative estimate of drug-likeness (QED) is 0.729. The third kappa shape index (κ3) is 3.19. The molecule has 0 spiro atoms. The van der Waals surface area contributed by atoms with Gasteiger partial charge in [-0.05, 0) is 31.2 Å². The second-order valence-corrected chi connectivity index (χ2v) is 7.82. The maximum Gasteiger partial charge on any atom is 0.356 e. The predicted molar refractivity (Wildman–Crippen MR) is 93.5 cm³/mol. The van der Waals surface area contributed by atoms with E-state index in [4.69, 9.17) is 9.47 Å². The second-order valence-electron chi connectivity index (χ2n) is 5.88. The molecule has 0 radical (unpaired) electrons. The first-order valence-electron chi connectivity index (χ1n) is 8.24. The first kappa shape index (κ1) is 18.4. The fourth-order valence-corrected chi connectivity index (χ4v) is 4.44. The number of aromatic nitrogens is 2. The Morgan fingerprint density at radius 3 is 2.58 bits per heavy atom. The summed E-state index contributed by atoms with van der Waals surface area (Å²) in [7, 11) is -0.504. The number of aryl methyl sites for hydroxylation is 1. The van der Waals surface area contributed by atoms with Gasteiger partial charge in [0.2, 0.25) is 10.0 Å². The van der Waals surface area contributed by atoms with Gasteiger partial charge in [-0.15, -0.1) is 0 Å². The van der Waals surface area contributed by atoms with Gasteiger partial charge in [-0.2, -0.15) is 9.40 Å². The molecular weight excluding hydrogens is 358 g/mol. The Morgan fingerprint density at radius 1 is 1.27 bits per heavy atom.